The Morgan fingerprint density at radius 3 is 2.34 bits per heavy atom. The highest BCUT2D eigenvalue weighted by Crippen LogP contribution is 2.20. The summed E-state index contributed by atoms with van der Waals surface area (Å²) in [6.07, 6.45) is 0. The number of amides is 3. The zero-order chi connectivity index (χ0) is 21.6. The lowest BCUT2D eigenvalue weighted by molar-refractivity contribution is -0.150. The molecule has 3 amide bonds. The van der Waals surface area contributed by atoms with Crippen molar-refractivity contribution in [2.75, 3.05) is 24.9 Å². The van der Waals surface area contributed by atoms with Crippen molar-refractivity contribution in [3.8, 4) is 6.01 Å². The first-order valence-corrected chi connectivity index (χ1v) is 9.23. The lowest BCUT2D eigenvalue weighted by Crippen LogP contribution is -2.35. The Labute approximate surface area is 164 Å². The molecule has 0 saturated carbocycles. The number of hydrogen-bond acceptors (Lipinski definition) is 10. The number of carbonyl (C=O) groups is 3. The Morgan fingerprint density at radius 1 is 1.00 bits per heavy atom. The van der Waals surface area contributed by atoms with E-state index in [1.54, 1.807) is 4.72 Å². The summed E-state index contributed by atoms with van der Waals surface area (Å²) in [5.41, 5.74) is -0.235. The Kier molecular flexibility index (Phi) is 6.61. The molecule has 1 aromatic heterocycles. The molecular weight excluding hydrogens is 408 g/mol. The van der Waals surface area contributed by atoms with Crippen LogP contribution in [0.2, 0.25) is 0 Å². The van der Waals surface area contributed by atoms with Crippen molar-refractivity contribution in [2.24, 2.45) is 0 Å². The molecule has 0 unspecified atom stereocenters. The number of anilines is 2. The van der Waals surface area contributed by atoms with Gasteiger partial charge in [0, 0.05) is 0 Å². The van der Waals surface area contributed by atoms with Crippen molar-refractivity contribution in [2.45, 2.75) is 11.8 Å². The average Bonchev–Trinajstić information content (AvgIpc) is 2.66. The maximum absolute atomic E-state index is 12.5. The second-order valence-electron chi connectivity index (χ2n) is 5.19. The minimum absolute atomic E-state index is 0.0773. The summed E-state index contributed by atoms with van der Waals surface area (Å²) in [7, 11) is -2.14. The second-order valence-corrected chi connectivity index (χ2v) is 6.85. The van der Waals surface area contributed by atoms with E-state index in [1.165, 1.54) is 32.2 Å². The number of sulfonamides is 1. The van der Waals surface area contributed by atoms with Crippen molar-refractivity contribution in [1.82, 2.24) is 19.7 Å². The Morgan fingerprint density at radius 2 is 1.69 bits per heavy atom. The minimum Gasteiger partial charge on any atom is -0.467 e. The van der Waals surface area contributed by atoms with Crippen LogP contribution in [0.1, 0.15) is 5.82 Å². The van der Waals surface area contributed by atoms with Crippen LogP contribution in [0, 0.1) is 6.92 Å². The third-order valence-corrected chi connectivity index (χ3v) is 4.55. The molecule has 1 heterocycles. The zero-order valence-corrected chi connectivity index (χ0v) is 16.2. The summed E-state index contributed by atoms with van der Waals surface area (Å²) in [5, 5.41) is 4.24. The Hall–Kier alpha value is -3.81. The smallest absolute Gasteiger partial charge is 0.396 e. The van der Waals surface area contributed by atoms with Gasteiger partial charge in [-0.25, -0.2) is 22.7 Å². The third-order valence-electron chi connectivity index (χ3n) is 3.16. The summed E-state index contributed by atoms with van der Waals surface area (Å²) < 4.78 is 35.9. The minimum atomic E-state index is -4.45. The van der Waals surface area contributed by atoms with Gasteiger partial charge >= 0.3 is 23.9 Å². The first kappa shape index (κ1) is 21.5. The molecular formula is C15H16N6O7S. The highest BCUT2D eigenvalue weighted by molar-refractivity contribution is 7.90. The van der Waals surface area contributed by atoms with Gasteiger partial charge in [-0.2, -0.15) is 15.0 Å². The molecule has 2 aromatic rings. The molecule has 154 valence electrons. The molecule has 2 rings (SSSR count). The highest BCUT2D eigenvalue weighted by atomic mass is 32.2. The number of benzene rings is 1. The van der Waals surface area contributed by atoms with Crippen molar-refractivity contribution in [1.29, 1.82) is 0 Å². The van der Waals surface area contributed by atoms with Gasteiger partial charge in [0.15, 0.2) is 0 Å². The van der Waals surface area contributed by atoms with Crippen molar-refractivity contribution >= 4 is 39.6 Å². The number of aromatic nitrogens is 3. The molecule has 13 nitrogen and oxygen atoms in total. The maximum Gasteiger partial charge on any atom is 0.396 e. The SMILES string of the molecule is COC(=O)C(=O)Nc1ccccc1S(=O)(=O)NC(=O)Nc1nc(C)nc(OC)n1. The number of nitrogens with zero attached hydrogens (tertiary/aromatic N) is 3. The molecule has 0 fully saturated rings. The summed E-state index contributed by atoms with van der Waals surface area (Å²) >= 11 is 0. The first-order valence-electron chi connectivity index (χ1n) is 7.75. The fraction of sp³-hybridized carbons (Fsp3) is 0.200. The number of nitrogens with one attached hydrogen (secondary N) is 3. The van der Waals surface area contributed by atoms with Crippen molar-refractivity contribution in [3.63, 3.8) is 0 Å². The topological polar surface area (TPSA) is 179 Å². The molecule has 29 heavy (non-hydrogen) atoms. The molecule has 0 spiro atoms. The molecule has 1 aromatic carbocycles. The van der Waals surface area contributed by atoms with Crippen LogP contribution in [0.5, 0.6) is 6.01 Å². The van der Waals surface area contributed by atoms with Crippen molar-refractivity contribution < 1.29 is 32.3 Å². The Balaban J connectivity index is 2.21. The van der Waals surface area contributed by atoms with Gasteiger partial charge in [-0.3, -0.25) is 10.1 Å². The van der Waals surface area contributed by atoms with E-state index in [2.05, 4.69) is 30.3 Å². The van der Waals surface area contributed by atoms with Crippen LogP contribution >= 0.6 is 0 Å². The molecule has 0 saturated heterocycles. The number of carbonyl (C=O) groups excluding carboxylic acids is 3. The quantitative estimate of drug-likeness (QED) is 0.430. The fourth-order valence-corrected chi connectivity index (χ4v) is 3.05. The van der Waals surface area contributed by atoms with E-state index >= 15 is 0 Å². The number of urea groups is 1. The van der Waals surface area contributed by atoms with Crippen LogP contribution < -0.4 is 20.1 Å². The number of methoxy groups -OCH3 is 2. The largest absolute Gasteiger partial charge is 0.467 e. The predicted molar refractivity (Wildman–Crippen MR) is 97.5 cm³/mol. The number of aryl methyl sites for hydroxylation is 1. The normalized spacial score (nSPS) is 10.6. The summed E-state index contributed by atoms with van der Waals surface area (Å²) in [5.74, 6) is -2.42. The average molecular weight is 424 g/mol. The van der Waals surface area contributed by atoms with Gasteiger partial charge in [0.25, 0.3) is 10.0 Å². The van der Waals surface area contributed by atoms with Crippen LogP contribution in [0.25, 0.3) is 0 Å². The van der Waals surface area contributed by atoms with Crippen LogP contribution in [0.3, 0.4) is 0 Å². The fourth-order valence-electron chi connectivity index (χ4n) is 1.98. The number of ether oxygens (including phenoxy) is 2. The predicted octanol–water partition coefficient (Wildman–Crippen LogP) is -0.189. The van der Waals surface area contributed by atoms with E-state index in [1.807, 2.05) is 0 Å². The zero-order valence-electron chi connectivity index (χ0n) is 15.4. The van der Waals surface area contributed by atoms with Gasteiger partial charge in [0.05, 0.1) is 19.9 Å². The number of hydrogen-bond donors (Lipinski definition) is 3. The van der Waals surface area contributed by atoms with Gasteiger partial charge < -0.3 is 14.8 Å². The molecule has 14 heteroatoms. The van der Waals surface area contributed by atoms with E-state index in [0.717, 1.165) is 13.2 Å². The van der Waals surface area contributed by atoms with Crippen molar-refractivity contribution in [3.05, 3.63) is 30.1 Å². The van der Waals surface area contributed by atoms with E-state index in [0.29, 0.717) is 0 Å². The monoisotopic (exact) mass is 424 g/mol. The third kappa shape index (κ3) is 5.58. The molecule has 0 atom stereocenters. The standard InChI is InChI=1S/C15H16N6O7S/c1-8-16-13(20-15(17-8)28-3)19-14(24)21-29(25,26)10-7-5-4-6-9(10)18-11(22)12(23)27-2/h4-7H,1-3H3,(H,18,22)(H2,16,17,19,20,21,24). The van der Waals surface area contributed by atoms with Crippen LogP contribution in [-0.4, -0.2) is 55.5 Å². The first-order chi connectivity index (χ1) is 13.7. The van der Waals surface area contributed by atoms with Crippen LogP contribution in [-0.2, 0) is 24.3 Å². The summed E-state index contributed by atoms with van der Waals surface area (Å²) in [4.78, 5) is 46.0. The lowest BCUT2D eigenvalue weighted by Gasteiger charge is -2.12. The summed E-state index contributed by atoms with van der Waals surface area (Å²) in [6.45, 7) is 1.52. The van der Waals surface area contributed by atoms with Gasteiger partial charge in [-0.1, -0.05) is 12.1 Å². The van der Waals surface area contributed by atoms with Gasteiger partial charge in [-0.05, 0) is 19.1 Å². The number of rotatable bonds is 5. The lowest BCUT2D eigenvalue weighted by atomic mass is 10.3. The Bertz CT molecular complexity index is 1060. The molecule has 0 bridgehead atoms. The maximum atomic E-state index is 12.5. The number of para-hydroxylation sites is 1. The molecule has 0 aliphatic heterocycles. The van der Waals surface area contributed by atoms with E-state index < -0.39 is 32.8 Å². The van der Waals surface area contributed by atoms with E-state index in [-0.39, 0.29) is 23.5 Å². The number of esters is 1. The second kappa shape index (κ2) is 8.92. The van der Waals surface area contributed by atoms with Gasteiger partial charge in [0.2, 0.25) is 5.95 Å². The van der Waals surface area contributed by atoms with Gasteiger partial charge in [0.1, 0.15) is 10.7 Å². The molecule has 0 radical (unpaired) electrons. The molecule has 0 aliphatic rings. The highest BCUT2D eigenvalue weighted by Gasteiger charge is 2.24. The van der Waals surface area contributed by atoms with Crippen LogP contribution in [0.15, 0.2) is 29.2 Å². The summed E-state index contributed by atoms with van der Waals surface area (Å²) in [6, 6.07) is 3.89. The van der Waals surface area contributed by atoms with E-state index in [9.17, 15) is 22.8 Å². The van der Waals surface area contributed by atoms with E-state index in [4.69, 9.17) is 4.74 Å². The molecule has 0 aliphatic carbocycles. The van der Waals surface area contributed by atoms with Gasteiger partial charge in [-0.15, -0.1) is 0 Å². The molecule has 3 N–H and O–H groups in total. The van der Waals surface area contributed by atoms with Crippen LogP contribution in [0.4, 0.5) is 16.4 Å².